The second-order valence-corrected chi connectivity index (χ2v) is 7.00. The van der Waals surface area contributed by atoms with Crippen LogP contribution in [0.4, 0.5) is 0 Å². The lowest BCUT2D eigenvalue weighted by atomic mass is 9.86. The highest BCUT2D eigenvalue weighted by molar-refractivity contribution is 9.11. The molecule has 0 bridgehead atoms. The largest absolute Gasteiger partial charge is 0.309 e. The van der Waals surface area contributed by atoms with Gasteiger partial charge in [-0.05, 0) is 46.8 Å². The summed E-state index contributed by atoms with van der Waals surface area (Å²) >= 11 is 5.33. The van der Waals surface area contributed by atoms with E-state index in [-0.39, 0.29) is 0 Å². The quantitative estimate of drug-likeness (QED) is 0.880. The molecule has 1 saturated carbocycles. The van der Waals surface area contributed by atoms with Crippen LogP contribution in [0.15, 0.2) is 15.9 Å². The first-order valence-corrected chi connectivity index (χ1v) is 7.34. The fourth-order valence-electron chi connectivity index (χ4n) is 2.30. The highest BCUT2D eigenvalue weighted by Crippen LogP contribution is 2.25. The molecule has 0 amide bonds. The zero-order chi connectivity index (χ0) is 10.7. The third kappa shape index (κ3) is 3.30. The Morgan fingerprint density at radius 3 is 2.87 bits per heavy atom. The molecule has 1 aromatic rings. The number of nitrogens with one attached hydrogen (secondary N) is 1. The summed E-state index contributed by atoms with van der Waals surface area (Å²) in [6, 6.07) is 5.07. The fraction of sp³-hybridized carbons (Fsp3) is 0.667. The van der Waals surface area contributed by atoms with E-state index in [1.807, 2.05) is 11.3 Å². The Labute approximate surface area is 104 Å². The summed E-state index contributed by atoms with van der Waals surface area (Å²) in [6.45, 7) is 3.41. The van der Waals surface area contributed by atoms with Gasteiger partial charge < -0.3 is 5.32 Å². The van der Waals surface area contributed by atoms with E-state index in [0.717, 1.165) is 18.5 Å². The van der Waals surface area contributed by atoms with Gasteiger partial charge in [0.2, 0.25) is 0 Å². The van der Waals surface area contributed by atoms with Crippen LogP contribution in [0.25, 0.3) is 0 Å². The summed E-state index contributed by atoms with van der Waals surface area (Å²) in [5.41, 5.74) is 0. The minimum Gasteiger partial charge on any atom is -0.309 e. The minimum atomic E-state index is 0.736. The standard InChI is InChI=1S/C12H18BrNS/c1-9-4-2-3-5-11(9)14-8-10-6-7-12(13)15-10/h6-7,9,11,14H,2-5,8H2,1H3/t9-,11-/m1/s1. The van der Waals surface area contributed by atoms with Crippen molar-refractivity contribution in [1.29, 1.82) is 0 Å². The lowest BCUT2D eigenvalue weighted by Crippen LogP contribution is -2.36. The topological polar surface area (TPSA) is 12.0 Å². The molecule has 84 valence electrons. The van der Waals surface area contributed by atoms with E-state index in [9.17, 15) is 0 Å². The number of thiophene rings is 1. The molecule has 1 nitrogen and oxygen atoms in total. The first-order valence-electron chi connectivity index (χ1n) is 5.73. The van der Waals surface area contributed by atoms with Crippen LogP contribution in [0.3, 0.4) is 0 Å². The fourth-order valence-corrected chi connectivity index (χ4v) is 3.73. The van der Waals surface area contributed by atoms with Crippen LogP contribution >= 0.6 is 27.3 Å². The molecule has 0 unspecified atom stereocenters. The van der Waals surface area contributed by atoms with Gasteiger partial charge in [-0.3, -0.25) is 0 Å². The van der Waals surface area contributed by atoms with E-state index in [1.165, 1.54) is 34.3 Å². The van der Waals surface area contributed by atoms with Crippen molar-refractivity contribution in [1.82, 2.24) is 5.32 Å². The van der Waals surface area contributed by atoms with E-state index in [2.05, 4.69) is 40.3 Å². The van der Waals surface area contributed by atoms with Crippen molar-refractivity contribution in [3.63, 3.8) is 0 Å². The zero-order valence-electron chi connectivity index (χ0n) is 9.13. The lowest BCUT2D eigenvalue weighted by molar-refractivity contribution is 0.280. The maximum absolute atomic E-state index is 3.69. The molecule has 2 rings (SSSR count). The van der Waals surface area contributed by atoms with Gasteiger partial charge in [0.1, 0.15) is 0 Å². The van der Waals surface area contributed by atoms with Gasteiger partial charge in [-0.1, -0.05) is 19.8 Å². The van der Waals surface area contributed by atoms with Crippen LogP contribution in [0.1, 0.15) is 37.5 Å². The van der Waals surface area contributed by atoms with Gasteiger partial charge in [-0.15, -0.1) is 11.3 Å². The zero-order valence-corrected chi connectivity index (χ0v) is 11.5. The van der Waals surface area contributed by atoms with Crippen molar-refractivity contribution in [2.24, 2.45) is 5.92 Å². The molecule has 3 heteroatoms. The number of rotatable bonds is 3. The van der Waals surface area contributed by atoms with Crippen LogP contribution < -0.4 is 5.32 Å². The van der Waals surface area contributed by atoms with Gasteiger partial charge in [-0.25, -0.2) is 0 Å². The average Bonchev–Trinajstić information content (AvgIpc) is 2.63. The van der Waals surface area contributed by atoms with Gasteiger partial charge >= 0.3 is 0 Å². The van der Waals surface area contributed by atoms with Crippen molar-refractivity contribution >= 4 is 27.3 Å². The summed E-state index contributed by atoms with van der Waals surface area (Å²) in [6.07, 6.45) is 5.57. The second-order valence-electron chi connectivity index (χ2n) is 4.45. The molecule has 0 aliphatic heterocycles. The summed E-state index contributed by atoms with van der Waals surface area (Å²) in [7, 11) is 0. The van der Waals surface area contributed by atoms with Crippen LogP contribution in [0.5, 0.6) is 0 Å². The monoisotopic (exact) mass is 287 g/mol. The van der Waals surface area contributed by atoms with Crippen molar-refractivity contribution in [3.05, 3.63) is 20.8 Å². The number of hydrogen-bond acceptors (Lipinski definition) is 2. The average molecular weight is 288 g/mol. The van der Waals surface area contributed by atoms with Gasteiger partial charge in [0.25, 0.3) is 0 Å². The van der Waals surface area contributed by atoms with Crippen LogP contribution in [0.2, 0.25) is 0 Å². The first-order chi connectivity index (χ1) is 7.25. The lowest BCUT2D eigenvalue weighted by Gasteiger charge is -2.29. The predicted octanol–water partition coefficient (Wildman–Crippen LogP) is 4.18. The van der Waals surface area contributed by atoms with Crippen molar-refractivity contribution < 1.29 is 0 Å². The Morgan fingerprint density at radius 2 is 2.20 bits per heavy atom. The van der Waals surface area contributed by atoms with Gasteiger partial charge in [0.05, 0.1) is 3.79 Å². The SMILES string of the molecule is C[C@@H]1CCCC[C@H]1NCc1ccc(Br)s1. The molecular formula is C12H18BrNS. The van der Waals surface area contributed by atoms with Crippen LogP contribution in [-0.4, -0.2) is 6.04 Å². The summed E-state index contributed by atoms with van der Waals surface area (Å²) in [5.74, 6) is 0.849. The maximum atomic E-state index is 3.69. The second kappa shape index (κ2) is 5.46. The Morgan fingerprint density at radius 1 is 1.40 bits per heavy atom. The molecule has 0 aromatic carbocycles. The third-order valence-corrected chi connectivity index (χ3v) is 4.90. The molecule has 1 aromatic heterocycles. The summed E-state index contributed by atoms with van der Waals surface area (Å²) in [5, 5.41) is 3.69. The molecule has 1 aliphatic carbocycles. The normalized spacial score (nSPS) is 26.8. The number of hydrogen-bond donors (Lipinski definition) is 1. The smallest absolute Gasteiger partial charge is 0.0701 e. The van der Waals surface area contributed by atoms with Gasteiger partial charge in [0.15, 0.2) is 0 Å². The van der Waals surface area contributed by atoms with Crippen molar-refractivity contribution in [2.75, 3.05) is 0 Å². The van der Waals surface area contributed by atoms with E-state index in [4.69, 9.17) is 0 Å². The molecular weight excluding hydrogens is 270 g/mol. The molecule has 1 N–H and O–H groups in total. The van der Waals surface area contributed by atoms with E-state index >= 15 is 0 Å². The van der Waals surface area contributed by atoms with E-state index < -0.39 is 0 Å². The summed E-state index contributed by atoms with van der Waals surface area (Å²) in [4.78, 5) is 1.43. The Balaban J connectivity index is 1.81. The molecule has 0 saturated heterocycles. The molecule has 1 heterocycles. The van der Waals surface area contributed by atoms with E-state index in [1.54, 1.807) is 0 Å². The summed E-state index contributed by atoms with van der Waals surface area (Å²) < 4.78 is 1.23. The molecule has 0 radical (unpaired) electrons. The molecule has 1 aliphatic rings. The highest BCUT2D eigenvalue weighted by Gasteiger charge is 2.20. The molecule has 1 fully saturated rings. The highest BCUT2D eigenvalue weighted by atomic mass is 79.9. The van der Waals surface area contributed by atoms with E-state index in [0.29, 0.717) is 0 Å². The predicted molar refractivity (Wildman–Crippen MR) is 70.3 cm³/mol. The molecule has 15 heavy (non-hydrogen) atoms. The minimum absolute atomic E-state index is 0.736. The van der Waals surface area contributed by atoms with Crippen molar-refractivity contribution in [2.45, 2.75) is 45.2 Å². The Hall–Kier alpha value is 0.140. The first kappa shape index (κ1) is 11.6. The van der Waals surface area contributed by atoms with Gasteiger partial charge in [-0.2, -0.15) is 0 Å². The third-order valence-electron chi connectivity index (χ3n) is 3.28. The Kier molecular flexibility index (Phi) is 4.23. The van der Waals surface area contributed by atoms with Crippen molar-refractivity contribution in [3.8, 4) is 0 Å². The molecule has 0 spiro atoms. The number of halogens is 1. The molecule has 2 atom stereocenters. The van der Waals surface area contributed by atoms with Crippen LogP contribution in [0, 0.1) is 5.92 Å². The van der Waals surface area contributed by atoms with Gasteiger partial charge in [0, 0.05) is 17.5 Å². The van der Waals surface area contributed by atoms with Crippen LogP contribution in [-0.2, 0) is 6.54 Å². The maximum Gasteiger partial charge on any atom is 0.0701 e. The Bertz CT molecular complexity index is 310.